The zero-order valence-corrected chi connectivity index (χ0v) is 17.7. The summed E-state index contributed by atoms with van der Waals surface area (Å²) in [7, 11) is 2.07. The quantitative estimate of drug-likeness (QED) is 0.669. The van der Waals surface area contributed by atoms with Crippen molar-refractivity contribution in [3.8, 4) is 0 Å². The first kappa shape index (κ1) is 22.3. The Labute approximate surface area is 173 Å². The van der Waals surface area contributed by atoms with Gasteiger partial charge < -0.3 is 34.6 Å². The lowest BCUT2D eigenvalue weighted by molar-refractivity contribution is -0.155. The molecule has 0 aromatic heterocycles. The van der Waals surface area contributed by atoms with Gasteiger partial charge in [0.2, 0.25) is 5.91 Å². The van der Waals surface area contributed by atoms with E-state index in [0.29, 0.717) is 26.0 Å². The number of aliphatic hydroxyl groups is 1. The Morgan fingerprint density at radius 1 is 1.14 bits per heavy atom. The van der Waals surface area contributed by atoms with Gasteiger partial charge in [-0.2, -0.15) is 0 Å². The van der Waals surface area contributed by atoms with Crippen molar-refractivity contribution in [1.82, 2.24) is 20.0 Å². The summed E-state index contributed by atoms with van der Waals surface area (Å²) in [6.45, 7) is 6.66. The number of piperazine rings is 1. The van der Waals surface area contributed by atoms with Gasteiger partial charge in [0.25, 0.3) is 0 Å². The Morgan fingerprint density at radius 3 is 2.62 bits per heavy atom. The van der Waals surface area contributed by atoms with E-state index in [1.54, 1.807) is 4.90 Å². The molecule has 9 heteroatoms. The van der Waals surface area contributed by atoms with E-state index in [0.717, 1.165) is 39.0 Å². The summed E-state index contributed by atoms with van der Waals surface area (Å²) in [5, 5.41) is 13.1. The van der Waals surface area contributed by atoms with Crippen LogP contribution in [0.2, 0.25) is 0 Å². The van der Waals surface area contributed by atoms with Gasteiger partial charge in [-0.25, -0.2) is 4.79 Å². The zero-order chi connectivity index (χ0) is 20.8. The van der Waals surface area contributed by atoms with Crippen LogP contribution in [-0.2, 0) is 14.3 Å². The summed E-state index contributed by atoms with van der Waals surface area (Å²) >= 11 is 0. The van der Waals surface area contributed by atoms with E-state index in [1.165, 1.54) is 0 Å². The van der Waals surface area contributed by atoms with Crippen LogP contribution < -0.4 is 5.32 Å². The van der Waals surface area contributed by atoms with Crippen molar-refractivity contribution in [2.75, 3.05) is 59.5 Å². The molecule has 3 amide bonds. The molecule has 3 fully saturated rings. The highest BCUT2D eigenvalue weighted by Crippen LogP contribution is 2.28. The molecule has 0 aliphatic carbocycles. The molecule has 3 aliphatic heterocycles. The van der Waals surface area contributed by atoms with Crippen LogP contribution in [0.4, 0.5) is 4.79 Å². The second kappa shape index (κ2) is 10.6. The third-order valence-corrected chi connectivity index (χ3v) is 6.03. The topological polar surface area (TPSA) is 94.6 Å². The number of urea groups is 1. The third-order valence-electron chi connectivity index (χ3n) is 6.03. The molecule has 0 bridgehead atoms. The number of carbonyl (C=O) groups excluding carboxylic acids is 2. The molecule has 0 spiro atoms. The fourth-order valence-corrected chi connectivity index (χ4v) is 4.29. The van der Waals surface area contributed by atoms with Gasteiger partial charge in [-0.3, -0.25) is 4.79 Å². The number of rotatable bonds is 4. The molecule has 4 atom stereocenters. The molecule has 0 radical (unpaired) electrons. The summed E-state index contributed by atoms with van der Waals surface area (Å²) in [5.41, 5.74) is 0. The molecule has 0 aromatic rings. The van der Waals surface area contributed by atoms with Crippen LogP contribution in [0.3, 0.4) is 0 Å². The summed E-state index contributed by atoms with van der Waals surface area (Å²) < 4.78 is 11.9. The van der Waals surface area contributed by atoms with Crippen molar-refractivity contribution in [2.24, 2.45) is 0 Å². The first-order valence-corrected chi connectivity index (χ1v) is 10.9. The molecule has 9 nitrogen and oxygen atoms in total. The Bertz CT molecular complexity index is 555. The first-order valence-electron chi connectivity index (χ1n) is 10.9. The van der Waals surface area contributed by atoms with Gasteiger partial charge in [-0.1, -0.05) is 6.92 Å². The Hall–Kier alpha value is -1.42. The standard InChI is InChI=1S/C20H36N4O5/c1-3-6-21-20(27)24-12-15(25)13-28-14-18-17(24)5-4-16(29-18)11-19(26)23-9-7-22(2)8-10-23/h15-18,25H,3-14H2,1-2H3,(H,21,27)/t15-,16+,17-,18+/m1/s1. The van der Waals surface area contributed by atoms with E-state index >= 15 is 0 Å². The Morgan fingerprint density at radius 2 is 1.90 bits per heavy atom. The minimum atomic E-state index is -0.708. The Kier molecular flexibility index (Phi) is 8.11. The molecular weight excluding hydrogens is 376 g/mol. The largest absolute Gasteiger partial charge is 0.389 e. The minimum Gasteiger partial charge on any atom is -0.389 e. The highest BCUT2D eigenvalue weighted by molar-refractivity contribution is 5.77. The number of amides is 3. The lowest BCUT2D eigenvalue weighted by Gasteiger charge is -2.44. The van der Waals surface area contributed by atoms with Gasteiger partial charge in [-0.15, -0.1) is 0 Å². The first-order chi connectivity index (χ1) is 14.0. The maximum atomic E-state index is 12.7. The highest BCUT2D eigenvalue weighted by atomic mass is 16.5. The molecule has 29 heavy (non-hydrogen) atoms. The molecule has 0 unspecified atom stereocenters. The average Bonchev–Trinajstić information content (AvgIpc) is 2.70. The summed E-state index contributed by atoms with van der Waals surface area (Å²) in [5.74, 6) is 0.140. The predicted octanol–water partition coefficient (Wildman–Crippen LogP) is -0.121. The van der Waals surface area contributed by atoms with Crippen molar-refractivity contribution < 1.29 is 24.2 Å². The van der Waals surface area contributed by atoms with Crippen molar-refractivity contribution in [3.63, 3.8) is 0 Å². The monoisotopic (exact) mass is 412 g/mol. The van der Waals surface area contributed by atoms with Gasteiger partial charge in [0.15, 0.2) is 0 Å². The number of likely N-dealkylation sites (N-methyl/N-ethyl adjacent to an activating group) is 1. The minimum absolute atomic E-state index is 0.140. The summed E-state index contributed by atoms with van der Waals surface area (Å²) in [6.07, 6.45) is 1.53. The van der Waals surface area contributed by atoms with Gasteiger partial charge in [0, 0.05) is 32.7 Å². The number of hydrogen-bond donors (Lipinski definition) is 2. The van der Waals surface area contributed by atoms with Crippen molar-refractivity contribution >= 4 is 11.9 Å². The molecule has 3 aliphatic rings. The average molecular weight is 413 g/mol. The molecule has 2 N–H and O–H groups in total. The van der Waals surface area contributed by atoms with Crippen LogP contribution >= 0.6 is 0 Å². The second-order valence-corrected chi connectivity index (χ2v) is 8.40. The van der Waals surface area contributed by atoms with E-state index in [9.17, 15) is 14.7 Å². The molecule has 3 rings (SSSR count). The molecule has 3 heterocycles. The van der Waals surface area contributed by atoms with Gasteiger partial charge in [-0.05, 0) is 26.3 Å². The summed E-state index contributed by atoms with van der Waals surface area (Å²) in [4.78, 5) is 31.2. The number of carbonyl (C=O) groups is 2. The number of aliphatic hydroxyl groups excluding tert-OH is 1. The number of nitrogens with zero attached hydrogens (tertiary/aromatic N) is 3. The highest BCUT2D eigenvalue weighted by Gasteiger charge is 2.40. The summed E-state index contributed by atoms with van der Waals surface area (Å²) in [6, 6.07) is -0.324. The van der Waals surface area contributed by atoms with Gasteiger partial charge in [0.1, 0.15) is 6.10 Å². The number of β-amino-alcohol motifs (C(OH)–C–C–N with tert-alkyl or cyclic N) is 1. The number of fused-ring (bicyclic) bond motifs is 1. The zero-order valence-electron chi connectivity index (χ0n) is 17.7. The van der Waals surface area contributed by atoms with Gasteiger partial charge in [0.05, 0.1) is 44.4 Å². The molecule has 0 saturated carbocycles. The SMILES string of the molecule is CCCNC(=O)N1C[C@@H](O)COC[C@@H]2O[C@H](CC(=O)N3CCN(C)CC3)CC[C@H]21. The van der Waals surface area contributed by atoms with Crippen LogP contribution in [0.1, 0.15) is 32.6 Å². The number of hydrogen-bond acceptors (Lipinski definition) is 6. The van der Waals surface area contributed by atoms with E-state index in [2.05, 4.69) is 17.3 Å². The number of ether oxygens (including phenoxy) is 2. The van der Waals surface area contributed by atoms with E-state index in [1.807, 2.05) is 11.8 Å². The fraction of sp³-hybridized carbons (Fsp3) is 0.900. The van der Waals surface area contributed by atoms with Crippen LogP contribution in [0.25, 0.3) is 0 Å². The van der Waals surface area contributed by atoms with Crippen molar-refractivity contribution in [3.05, 3.63) is 0 Å². The normalized spacial score (nSPS) is 31.6. The number of nitrogens with one attached hydrogen (secondary N) is 1. The van der Waals surface area contributed by atoms with E-state index < -0.39 is 6.10 Å². The van der Waals surface area contributed by atoms with Crippen LogP contribution in [0.5, 0.6) is 0 Å². The molecule has 3 saturated heterocycles. The van der Waals surface area contributed by atoms with Crippen LogP contribution in [0.15, 0.2) is 0 Å². The van der Waals surface area contributed by atoms with E-state index in [-0.39, 0.29) is 43.3 Å². The van der Waals surface area contributed by atoms with Crippen molar-refractivity contribution in [1.29, 1.82) is 0 Å². The van der Waals surface area contributed by atoms with Crippen LogP contribution in [-0.4, -0.2) is 116 Å². The lowest BCUT2D eigenvalue weighted by Crippen LogP contribution is -2.59. The van der Waals surface area contributed by atoms with Gasteiger partial charge >= 0.3 is 6.03 Å². The molecule has 166 valence electrons. The molecule has 0 aromatic carbocycles. The fourth-order valence-electron chi connectivity index (χ4n) is 4.29. The molecular formula is C20H36N4O5. The van der Waals surface area contributed by atoms with Crippen LogP contribution in [0, 0.1) is 0 Å². The van der Waals surface area contributed by atoms with E-state index in [4.69, 9.17) is 9.47 Å². The Balaban J connectivity index is 1.58. The predicted molar refractivity (Wildman–Crippen MR) is 108 cm³/mol. The smallest absolute Gasteiger partial charge is 0.317 e. The second-order valence-electron chi connectivity index (χ2n) is 8.40. The van der Waals surface area contributed by atoms with Crippen molar-refractivity contribution in [2.45, 2.75) is 57.0 Å². The lowest BCUT2D eigenvalue weighted by atomic mass is 9.94. The maximum absolute atomic E-state index is 12.7. The third kappa shape index (κ3) is 6.04. The maximum Gasteiger partial charge on any atom is 0.317 e.